The first kappa shape index (κ1) is 14.7. The van der Waals surface area contributed by atoms with Crippen molar-refractivity contribution < 1.29 is 4.74 Å². The summed E-state index contributed by atoms with van der Waals surface area (Å²) < 4.78 is 7.90. The summed E-state index contributed by atoms with van der Waals surface area (Å²) in [5.41, 5.74) is 8.07. The van der Waals surface area contributed by atoms with Crippen LogP contribution < -0.4 is 10.5 Å². The first-order valence-electron chi connectivity index (χ1n) is 7.49. The molecule has 4 heteroatoms. The number of para-hydroxylation sites is 1. The number of ether oxygens (including phenoxy) is 1. The van der Waals surface area contributed by atoms with Gasteiger partial charge in [0.2, 0.25) is 5.95 Å². The highest BCUT2D eigenvalue weighted by Gasteiger charge is 2.19. The van der Waals surface area contributed by atoms with Gasteiger partial charge in [-0.2, -0.15) is 0 Å². The van der Waals surface area contributed by atoms with Gasteiger partial charge < -0.3 is 15.0 Å². The predicted molar refractivity (Wildman–Crippen MR) is 84.1 cm³/mol. The van der Waals surface area contributed by atoms with Crippen LogP contribution in [-0.2, 0) is 0 Å². The second kappa shape index (κ2) is 6.16. The van der Waals surface area contributed by atoms with E-state index in [9.17, 15) is 0 Å². The van der Waals surface area contributed by atoms with Crippen molar-refractivity contribution in [2.45, 2.75) is 46.6 Å². The van der Waals surface area contributed by atoms with Crippen LogP contribution in [0, 0.1) is 5.92 Å². The molecule has 1 aromatic carbocycles. The van der Waals surface area contributed by atoms with Gasteiger partial charge in [-0.1, -0.05) is 33.3 Å². The fourth-order valence-electron chi connectivity index (χ4n) is 2.46. The van der Waals surface area contributed by atoms with Crippen molar-refractivity contribution in [1.82, 2.24) is 9.55 Å². The van der Waals surface area contributed by atoms with Gasteiger partial charge in [0.1, 0.15) is 11.3 Å². The van der Waals surface area contributed by atoms with Crippen molar-refractivity contribution in [3.8, 4) is 5.75 Å². The fourth-order valence-corrected chi connectivity index (χ4v) is 2.46. The Morgan fingerprint density at radius 2 is 2.05 bits per heavy atom. The number of benzene rings is 1. The lowest BCUT2D eigenvalue weighted by Gasteiger charge is -2.21. The zero-order valence-corrected chi connectivity index (χ0v) is 12.9. The molecule has 0 aliphatic carbocycles. The third kappa shape index (κ3) is 2.60. The lowest BCUT2D eigenvalue weighted by Crippen LogP contribution is -2.15. The summed E-state index contributed by atoms with van der Waals surface area (Å²) in [5.74, 6) is 1.95. The topological polar surface area (TPSA) is 53.1 Å². The standard InChI is InChI=1S/C16H25N3O/c1-5-10-20-14-9-7-8-13-15(14)18-16(17)19(13)12(4)11(3)6-2/h7-9,11-12H,5-6,10H2,1-4H3,(H2,17,18). The molecule has 0 spiro atoms. The van der Waals surface area contributed by atoms with Crippen molar-refractivity contribution in [2.24, 2.45) is 5.92 Å². The van der Waals surface area contributed by atoms with Gasteiger partial charge in [0.05, 0.1) is 12.1 Å². The average Bonchev–Trinajstić information content (AvgIpc) is 2.79. The highest BCUT2D eigenvalue weighted by Crippen LogP contribution is 2.32. The summed E-state index contributed by atoms with van der Waals surface area (Å²) in [6, 6.07) is 6.36. The Balaban J connectivity index is 2.49. The summed E-state index contributed by atoms with van der Waals surface area (Å²) in [4.78, 5) is 4.52. The van der Waals surface area contributed by atoms with Gasteiger partial charge in [-0.3, -0.25) is 0 Å². The molecule has 2 unspecified atom stereocenters. The van der Waals surface area contributed by atoms with Crippen molar-refractivity contribution in [2.75, 3.05) is 12.3 Å². The van der Waals surface area contributed by atoms with E-state index in [1.165, 1.54) is 0 Å². The Labute approximate surface area is 120 Å². The van der Waals surface area contributed by atoms with E-state index < -0.39 is 0 Å². The summed E-state index contributed by atoms with van der Waals surface area (Å²) >= 11 is 0. The number of imidazole rings is 1. The Bertz CT molecular complexity index is 576. The van der Waals surface area contributed by atoms with Crippen LogP contribution in [0.15, 0.2) is 18.2 Å². The maximum Gasteiger partial charge on any atom is 0.201 e. The van der Waals surface area contributed by atoms with Crippen LogP contribution in [0.1, 0.15) is 46.6 Å². The molecule has 2 aromatic rings. The molecule has 0 amide bonds. The molecule has 4 nitrogen and oxygen atoms in total. The number of rotatable bonds is 6. The number of fused-ring (bicyclic) bond motifs is 1. The van der Waals surface area contributed by atoms with Gasteiger partial charge >= 0.3 is 0 Å². The van der Waals surface area contributed by atoms with Gasteiger partial charge in [-0.25, -0.2) is 4.98 Å². The molecule has 2 N–H and O–H groups in total. The van der Waals surface area contributed by atoms with Gasteiger partial charge in [0.25, 0.3) is 0 Å². The van der Waals surface area contributed by atoms with E-state index >= 15 is 0 Å². The summed E-state index contributed by atoms with van der Waals surface area (Å²) in [7, 11) is 0. The number of hydrogen-bond donors (Lipinski definition) is 1. The van der Waals surface area contributed by atoms with Crippen LogP contribution in [0.25, 0.3) is 11.0 Å². The van der Waals surface area contributed by atoms with Crippen molar-refractivity contribution in [1.29, 1.82) is 0 Å². The molecule has 1 heterocycles. The minimum atomic E-state index is 0.325. The molecule has 0 radical (unpaired) electrons. The first-order chi connectivity index (χ1) is 9.60. The normalized spacial score (nSPS) is 14.4. The number of hydrogen-bond acceptors (Lipinski definition) is 3. The van der Waals surface area contributed by atoms with E-state index in [-0.39, 0.29) is 0 Å². The Morgan fingerprint density at radius 3 is 2.70 bits per heavy atom. The van der Waals surface area contributed by atoms with E-state index in [0.717, 1.165) is 29.6 Å². The number of nitrogens with two attached hydrogens (primary N) is 1. The molecular weight excluding hydrogens is 250 g/mol. The molecule has 0 saturated heterocycles. The quantitative estimate of drug-likeness (QED) is 0.866. The van der Waals surface area contributed by atoms with E-state index in [2.05, 4.69) is 43.3 Å². The van der Waals surface area contributed by atoms with Crippen LogP contribution in [0.2, 0.25) is 0 Å². The molecule has 0 fully saturated rings. The van der Waals surface area contributed by atoms with Crippen LogP contribution in [0.5, 0.6) is 5.75 Å². The third-order valence-electron chi connectivity index (χ3n) is 4.05. The van der Waals surface area contributed by atoms with Gasteiger partial charge in [-0.15, -0.1) is 0 Å². The van der Waals surface area contributed by atoms with Crippen molar-refractivity contribution in [3.63, 3.8) is 0 Å². The maximum atomic E-state index is 6.14. The molecule has 2 atom stereocenters. The van der Waals surface area contributed by atoms with Crippen molar-refractivity contribution in [3.05, 3.63) is 18.2 Å². The number of nitrogens with zero attached hydrogens (tertiary/aromatic N) is 2. The van der Waals surface area contributed by atoms with E-state index in [0.29, 0.717) is 24.5 Å². The molecule has 0 aliphatic heterocycles. The number of aromatic nitrogens is 2. The zero-order valence-electron chi connectivity index (χ0n) is 12.9. The third-order valence-corrected chi connectivity index (χ3v) is 4.05. The molecular formula is C16H25N3O. The molecule has 0 aliphatic rings. The summed E-state index contributed by atoms with van der Waals surface area (Å²) in [5, 5.41) is 0. The van der Waals surface area contributed by atoms with Gasteiger partial charge in [0.15, 0.2) is 0 Å². The zero-order chi connectivity index (χ0) is 14.7. The first-order valence-corrected chi connectivity index (χ1v) is 7.49. The maximum absolute atomic E-state index is 6.14. The molecule has 20 heavy (non-hydrogen) atoms. The largest absolute Gasteiger partial charge is 0.491 e. The van der Waals surface area contributed by atoms with Crippen molar-refractivity contribution >= 4 is 17.0 Å². The molecule has 110 valence electrons. The molecule has 1 aromatic heterocycles. The van der Waals surface area contributed by atoms with Crippen LogP contribution in [0.3, 0.4) is 0 Å². The average molecular weight is 275 g/mol. The highest BCUT2D eigenvalue weighted by molar-refractivity contribution is 5.84. The van der Waals surface area contributed by atoms with E-state index in [1.54, 1.807) is 0 Å². The summed E-state index contributed by atoms with van der Waals surface area (Å²) in [6.45, 7) is 9.44. The van der Waals surface area contributed by atoms with Gasteiger partial charge in [-0.05, 0) is 31.4 Å². The van der Waals surface area contributed by atoms with E-state index in [1.807, 2.05) is 12.1 Å². The van der Waals surface area contributed by atoms with E-state index in [4.69, 9.17) is 10.5 Å². The molecule has 0 saturated carbocycles. The fraction of sp³-hybridized carbons (Fsp3) is 0.562. The highest BCUT2D eigenvalue weighted by atomic mass is 16.5. The number of nitrogen functional groups attached to an aromatic ring is 1. The second-order valence-electron chi connectivity index (χ2n) is 5.44. The summed E-state index contributed by atoms with van der Waals surface area (Å²) in [6.07, 6.45) is 2.10. The second-order valence-corrected chi connectivity index (χ2v) is 5.44. The lowest BCUT2D eigenvalue weighted by molar-refractivity contribution is 0.320. The van der Waals surface area contributed by atoms with Crippen LogP contribution in [-0.4, -0.2) is 16.2 Å². The Kier molecular flexibility index (Phi) is 4.53. The Hall–Kier alpha value is -1.71. The SMILES string of the molecule is CCCOc1cccc2c1nc(N)n2C(C)C(C)CC. The molecule has 0 bridgehead atoms. The number of anilines is 1. The lowest BCUT2D eigenvalue weighted by atomic mass is 10.0. The van der Waals surface area contributed by atoms with Crippen LogP contribution in [0.4, 0.5) is 5.95 Å². The smallest absolute Gasteiger partial charge is 0.201 e. The van der Waals surface area contributed by atoms with Gasteiger partial charge in [0, 0.05) is 6.04 Å². The Morgan fingerprint density at radius 1 is 1.30 bits per heavy atom. The van der Waals surface area contributed by atoms with Crippen LogP contribution >= 0.6 is 0 Å². The predicted octanol–water partition coefficient (Wildman–Crippen LogP) is 4.01. The molecule has 2 rings (SSSR count). The minimum absolute atomic E-state index is 0.325. The monoisotopic (exact) mass is 275 g/mol. The minimum Gasteiger partial charge on any atom is -0.491 e.